The standard InChI is InChI=1S/C23H20FN3O4S2/c1-10-16(22(30)31-4)11(2)25-18(10)19(28)12(3)33-23-26-20(29)17-15(9-32-21(17)27-23)13-5-7-14(24)8-6-13/h5-9,12,25H,1-4H3,(H,26,27,29). The molecule has 1 aromatic carbocycles. The number of nitrogens with one attached hydrogen (secondary N) is 2. The first kappa shape index (κ1) is 22.9. The maximum absolute atomic E-state index is 13.3. The number of carbonyl (C=O) groups excluding carboxylic acids is 2. The Morgan fingerprint density at radius 1 is 1.18 bits per heavy atom. The van der Waals surface area contributed by atoms with Crippen molar-refractivity contribution in [1.29, 1.82) is 0 Å². The summed E-state index contributed by atoms with van der Waals surface area (Å²) in [5, 5.41) is 1.97. The molecule has 0 aliphatic rings. The van der Waals surface area contributed by atoms with Gasteiger partial charge in [0.25, 0.3) is 5.56 Å². The number of hydrogen-bond donors (Lipinski definition) is 2. The van der Waals surface area contributed by atoms with Gasteiger partial charge in [-0.15, -0.1) is 11.3 Å². The third kappa shape index (κ3) is 4.23. The lowest BCUT2D eigenvalue weighted by Crippen LogP contribution is -2.17. The number of aromatic nitrogens is 3. The van der Waals surface area contributed by atoms with Gasteiger partial charge < -0.3 is 14.7 Å². The molecule has 0 saturated carbocycles. The molecule has 170 valence electrons. The van der Waals surface area contributed by atoms with Gasteiger partial charge in [0.2, 0.25) is 0 Å². The lowest BCUT2D eigenvalue weighted by Gasteiger charge is -2.09. The van der Waals surface area contributed by atoms with Crippen LogP contribution in [0.3, 0.4) is 0 Å². The van der Waals surface area contributed by atoms with E-state index in [-0.39, 0.29) is 17.2 Å². The number of nitrogens with zero attached hydrogens (tertiary/aromatic N) is 1. The number of fused-ring (bicyclic) bond motifs is 1. The molecule has 0 aliphatic carbocycles. The van der Waals surface area contributed by atoms with E-state index >= 15 is 0 Å². The van der Waals surface area contributed by atoms with Crippen LogP contribution in [0.4, 0.5) is 4.39 Å². The molecule has 4 rings (SSSR count). The number of Topliss-reactive ketones (excluding diaryl/α,β-unsaturated/α-hetero) is 1. The van der Waals surface area contributed by atoms with Crippen LogP contribution in [0, 0.1) is 19.7 Å². The average Bonchev–Trinajstić information content (AvgIpc) is 3.34. The molecule has 1 atom stereocenters. The molecule has 0 fully saturated rings. The van der Waals surface area contributed by atoms with Crippen molar-refractivity contribution in [3.63, 3.8) is 0 Å². The highest BCUT2D eigenvalue weighted by atomic mass is 32.2. The molecule has 3 aromatic heterocycles. The van der Waals surface area contributed by atoms with Crippen molar-refractivity contribution in [2.45, 2.75) is 31.2 Å². The second-order valence-corrected chi connectivity index (χ2v) is 9.64. The number of aryl methyl sites for hydroxylation is 1. The van der Waals surface area contributed by atoms with Crippen molar-refractivity contribution in [2.24, 2.45) is 0 Å². The molecule has 3 heterocycles. The Balaban J connectivity index is 1.62. The molecular formula is C23H20FN3O4S2. The SMILES string of the molecule is COC(=O)c1c(C)[nH]c(C(=O)C(C)Sc2nc3scc(-c4ccc(F)cc4)c3c(=O)[nH]2)c1C. The predicted molar refractivity (Wildman–Crippen MR) is 127 cm³/mol. The van der Waals surface area contributed by atoms with Crippen molar-refractivity contribution >= 4 is 45.1 Å². The number of aromatic amines is 2. The minimum Gasteiger partial charge on any atom is -0.465 e. The van der Waals surface area contributed by atoms with Gasteiger partial charge in [0, 0.05) is 16.6 Å². The zero-order valence-electron chi connectivity index (χ0n) is 18.2. The number of thioether (sulfide) groups is 1. The summed E-state index contributed by atoms with van der Waals surface area (Å²) in [6, 6.07) is 5.91. The third-order valence-corrected chi connectivity index (χ3v) is 7.16. The summed E-state index contributed by atoms with van der Waals surface area (Å²) in [5.74, 6) is -1.09. The van der Waals surface area contributed by atoms with Crippen LogP contribution in [0.5, 0.6) is 0 Å². The smallest absolute Gasteiger partial charge is 0.339 e. The molecule has 33 heavy (non-hydrogen) atoms. The van der Waals surface area contributed by atoms with Crippen LogP contribution >= 0.6 is 23.1 Å². The molecule has 7 nitrogen and oxygen atoms in total. The maximum Gasteiger partial charge on any atom is 0.339 e. The lowest BCUT2D eigenvalue weighted by atomic mass is 10.1. The summed E-state index contributed by atoms with van der Waals surface area (Å²) in [6.07, 6.45) is 0. The van der Waals surface area contributed by atoms with Gasteiger partial charge in [0.1, 0.15) is 10.6 Å². The Labute approximate surface area is 196 Å². The van der Waals surface area contributed by atoms with E-state index in [1.54, 1.807) is 32.9 Å². The number of hydrogen-bond acceptors (Lipinski definition) is 7. The molecule has 10 heteroatoms. The van der Waals surface area contributed by atoms with Crippen LogP contribution < -0.4 is 5.56 Å². The van der Waals surface area contributed by atoms with E-state index in [1.807, 2.05) is 5.38 Å². The number of thiophene rings is 1. The summed E-state index contributed by atoms with van der Waals surface area (Å²) >= 11 is 2.43. The second-order valence-electron chi connectivity index (χ2n) is 7.45. The fourth-order valence-corrected chi connectivity index (χ4v) is 5.52. The Kier molecular flexibility index (Phi) is 6.22. The minimum atomic E-state index is -0.579. The Morgan fingerprint density at radius 3 is 2.55 bits per heavy atom. The number of ketones is 1. The highest BCUT2D eigenvalue weighted by molar-refractivity contribution is 8.00. The van der Waals surface area contributed by atoms with Crippen LogP contribution in [-0.2, 0) is 4.74 Å². The van der Waals surface area contributed by atoms with Crippen molar-refractivity contribution in [1.82, 2.24) is 15.0 Å². The minimum absolute atomic E-state index is 0.225. The summed E-state index contributed by atoms with van der Waals surface area (Å²) in [5.41, 5.74) is 2.82. The van der Waals surface area contributed by atoms with Gasteiger partial charge in [-0.2, -0.15) is 0 Å². The highest BCUT2D eigenvalue weighted by Crippen LogP contribution is 2.33. The normalized spacial score (nSPS) is 12.2. The van der Waals surface area contributed by atoms with Gasteiger partial charge in [-0.05, 0) is 44.0 Å². The van der Waals surface area contributed by atoms with E-state index in [0.29, 0.717) is 43.5 Å². The summed E-state index contributed by atoms with van der Waals surface area (Å²) < 4.78 is 18.1. The Hall–Kier alpha value is -3.24. The maximum atomic E-state index is 13.3. The van der Waals surface area contributed by atoms with E-state index < -0.39 is 11.2 Å². The van der Waals surface area contributed by atoms with Crippen molar-refractivity contribution in [2.75, 3.05) is 7.11 Å². The van der Waals surface area contributed by atoms with Gasteiger partial charge >= 0.3 is 5.97 Å². The van der Waals surface area contributed by atoms with Gasteiger partial charge in [0.05, 0.1) is 29.0 Å². The van der Waals surface area contributed by atoms with E-state index in [2.05, 4.69) is 15.0 Å². The molecule has 1 unspecified atom stereocenters. The number of carbonyl (C=O) groups is 2. The molecule has 0 radical (unpaired) electrons. The highest BCUT2D eigenvalue weighted by Gasteiger charge is 2.26. The average molecular weight is 486 g/mol. The monoisotopic (exact) mass is 485 g/mol. The number of methoxy groups -OCH3 is 1. The Bertz CT molecular complexity index is 1440. The topological polar surface area (TPSA) is 105 Å². The molecule has 0 aliphatic heterocycles. The van der Waals surface area contributed by atoms with Gasteiger partial charge in [-0.1, -0.05) is 23.9 Å². The van der Waals surface area contributed by atoms with Crippen LogP contribution in [-0.4, -0.2) is 39.1 Å². The lowest BCUT2D eigenvalue weighted by molar-refractivity contribution is 0.0599. The second kappa shape index (κ2) is 8.95. The first-order valence-electron chi connectivity index (χ1n) is 9.97. The molecule has 0 spiro atoms. The number of rotatable bonds is 6. The predicted octanol–water partition coefficient (Wildman–Crippen LogP) is 4.89. The molecule has 2 N–H and O–H groups in total. The fraction of sp³-hybridized carbons (Fsp3) is 0.217. The Morgan fingerprint density at radius 2 is 1.88 bits per heavy atom. The zero-order chi connectivity index (χ0) is 23.9. The quantitative estimate of drug-likeness (QED) is 0.174. The van der Waals surface area contributed by atoms with Crippen molar-refractivity contribution in [3.8, 4) is 11.1 Å². The van der Waals surface area contributed by atoms with E-state index in [0.717, 1.165) is 17.3 Å². The number of benzene rings is 1. The number of esters is 1. The number of H-pyrrole nitrogens is 2. The number of ether oxygens (including phenoxy) is 1. The van der Waals surface area contributed by atoms with Crippen LogP contribution in [0.15, 0.2) is 39.6 Å². The van der Waals surface area contributed by atoms with Crippen LogP contribution in [0.25, 0.3) is 21.3 Å². The largest absolute Gasteiger partial charge is 0.465 e. The van der Waals surface area contributed by atoms with Gasteiger partial charge in [-0.25, -0.2) is 14.2 Å². The van der Waals surface area contributed by atoms with Crippen LogP contribution in [0.2, 0.25) is 0 Å². The molecule has 0 bridgehead atoms. The first-order chi connectivity index (χ1) is 15.7. The molecular weight excluding hydrogens is 465 g/mol. The summed E-state index contributed by atoms with van der Waals surface area (Å²) in [6.45, 7) is 5.11. The molecule has 0 amide bonds. The fourth-order valence-electron chi connectivity index (χ4n) is 3.66. The molecule has 4 aromatic rings. The summed E-state index contributed by atoms with van der Waals surface area (Å²) in [4.78, 5) is 48.7. The van der Waals surface area contributed by atoms with Gasteiger partial charge in [-0.3, -0.25) is 9.59 Å². The van der Waals surface area contributed by atoms with Crippen molar-refractivity contribution in [3.05, 3.63) is 68.3 Å². The van der Waals surface area contributed by atoms with E-state index in [4.69, 9.17) is 4.74 Å². The van der Waals surface area contributed by atoms with Crippen LogP contribution in [0.1, 0.15) is 39.0 Å². The van der Waals surface area contributed by atoms with E-state index in [1.165, 1.54) is 30.6 Å². The number of halogens is 1. The summed E-state index contributed by atoms with van der Waals surface area (Å²) in [7, 11) is 1.29. The third-order valence-electron chi connectivity index (χ3n) is 5.31. The zero-order valence-corrected chi connectivity index (χ0v) is 19.9. The first-order valence-corrected chi connectivity index (χ1v) is 11.7. The molecule has 0 saturated heterocycles. The van der Waals surface area contributed by atoms with E-state index in [9.17, 15) is 18.8 Å². The van der Waals surface area contributed by atoms with Crippen molar-refractivity contribution < 1.29 is 18.7 Å². The van der Waals surface area contributed by atoms with Gasteiger partial charge in [0.15, 0.2) is 10.9 Å².